The van der Waals surface area contributed by atoms with E-state index >= 15 is 0 Å². The first-order valence-electron chi connectivity index (χ1n) is 6.66. The van der Waals surface area contributed by atoms with Gasteiger partial charge in [-0.25, -0.2) is 13.1 Å². The fourth-order valence-electron chi connectivity index (χ4n) is 1.33. The van der Waals surface area contributed by atoms with E-state index in [1.165, 1.54) is 0 Å². The highest BCUT2D eigenvalue weighted by Gasteiger charge is 2.08. The first kappa shape index (κ1) is 17.8. The minimum absolute atomic E-state index is 0.133. The van der Waals surface area contributed by atoms with Crippen LogP contribution >= 0.6 is 0 Å². The van der Waals surface area contributed by atoms with Crippen molar-refractivity contribution in [1.29, 1.82) is 0 Å². The van der Waals surface area contributed by atoms with Gasteiger partial charge in [0.25, 0.3) is 0 Å². The van der Waals surface area contributed by atoms with Crippen molar-refractivity contribution >= 4 is 10.0 Å². The predicted molar refractivity (Wildman–Crippen MR) is 75.3 cm³/mol. The molecule has 0 aromatic carbocycles. The van der Waals surface area contributed by atoms with Crippen molar-refractivity contribution in [3.8, 4) is 0 Å². The fourth-order valence-corrected chi connectivity index (χ4v) is 2.31. The third-order valence-corrected chi connectivity index (χ3v) is 3.65. The number of unbranched alkanes of at least 4 members (excludes halogenated alkanes) is 1. The minimum atomic E-state index is -3.13. The number of hydrogen-bond acceptors (Lipinski definition) is 4. The van der Waals surface area contributed by atoms with Crippen LogP contribution in [0.4, 0.5) is 0 Å². The van der Waals surface area contributed by atoms with Crippen LogP contribution in [-0.2, 0) is 14.8 Å². The Morgan fingerprint density at radius 3 is 2.28 bits per heavy atom. The summed E-state index contributed by atoms with van der Waals surface area (Å²) in [5, 5.41) is 3.09. The van der Waals surface area contributed by atoms with Crippen molar-refractivity contribution < 1.29 is 13.2 Å². The van der Waals surface area contributed by atoms with E-state index in [1.807, 2.05) is 27.7 Å². The number of nitrogens with one attached hydrogen (secondary N) is 2. The van der Waals surface area contributed by atoms with Crippen LogP contribution in [0.3, 0.4) is 0 Å². The van der Waals surface area contributed by atoms with Crippen LogP contribution in [0.2, 0.25) is 0 Å². The lowest BCUT2D eigenvalue weighted by atomic mass is 10.3. The van der Waals surface area contributed by atoms with Crippen molar-refractivity contribution in [2.24, 2.45) is 0 Å². The summed E-state index contributed by atoms with van der Waals surface area (Å²) in [6.07, 6.45) is 1.93. The fraction of sp³-hybridized carbons (Fsp3) is 1.00. The van der Waals surface area contributed by atoms with Gasteiger partial charge in [-0.2, -0.15) is 0 Å². The van der Waals surface area contributed by atoms with Crippen LogP contribution in [0, 0.1) is 0 Å². The molecule has 18 heavy (non-hydrogen) atoms. The summed E-state index contributed by atoms with van der Waals surface area (Å²) in [5.41, 5.74) is 0. The Balaban J connectivity index is 3.53. The van der Waals surface area contributed by atoms with E-state index in [0.29, 0.717) is 25.7 Å². The van der Waals surface area contributed by atoms with Gasteiger partial charge < -0.3 is 10.1 Å². The molecule has 0 aromatic rings. The maximum atomic E-state index is 11.6. The van der Waals surface area contributed by atoms with Gasteiger partial charge in [0.1, 0.15) is 0 Å². The van der Waals surface area contributed by atoms with Crippen LogP contribution in [0.5, 0.6) is 0 Å². The van der Waals surface area contributed by atoms with Crippen molar-refractivity contribution in [2.75, 3.05) is 25.4 Å². The molecule has 0 aromatic heterocycles. The van der Waals surface area contributed by atoms with Gasteiger partial charge in [0, 0.05) is 25.7 Å². The van der Waals surface area contributed by atoms with E-state index in [4.69, 9.17) is 4.74 Å². The van der Waals surface area contributed by atoms with Gasteiger partial charge in [-0.05, 0) is 26.7 Å². The first-order valence-corrected chi connectivity index (χ1v) is 8.31. The molecule has 5 nitrogen and oxygen atoms in total. The highest BCUT2D eigenvalue weighted by Crippen LogP contribution is 1.94. The van der Waals surface area contributed by atoms with E-state index in [1.54, 1.807) is 0 Å². The molecule has 0 unspecified atom stereocenters. The van der Waals surface area contributed by atoms with Crippen molar-refractivity contribution in [3.05, 3.63) is 0 Å². The average molecular weight is 280 g/mol. The molecule has 0 heterocycles. The van der Waals surface area contributed by atoms with Gasteiger partial charge >= 0.3 is 0 Å². The molecule has 0 bridgehead atoms. The minimum Gasteiger partial charge on any atom is -0.379 e. The third-order valence-electron chi connectivity index (χ3n) is 2.27. The molecule has 0 atom stereocenters. The quantitative estimate of drug-likeness (QED) is 0.556. The van der Waals surface area contributed by atoms with E-state index in [9.17, 15) is 8.42 Å². The molecule has 0 spiro atoms. The molecule has 0 rings (SSSR count). The van der Waals surface area contributed by atoms with E-state index in [-0.39, 0.29) is 11.9 Å². The lowest BCUT2D eigenvalue weighted by Gasteiger charge is -2.10. The van der Waals surface area contributed by atoms with Crippen LogP contribution < -0.4 is 10.0 Å². The summed E-state index contributed by atoms with van der Waals surface area (Å²) in [5.74, 6) is 0.133. The van der Waals surface area contributed by atoms with Gasteiger partial charge in [-0.15, -0.1) is 0 Å². The van der Waals surface area contributed by atoms with Gasteiger partial charge in [-0.1, -0.05) is 13.8 Å². The number of ether oxygens (including phenoxy) is 1. The average Bonchev–Trinajstić information content (AvgIpc) is 2.21. The molecule has 0 saturated carbocycles. The van der Waals surface area contributed by atoms with Crippen LogP contribution in [0.15, 0.2) is 0 Å². The maximum absolute atomic E-state index is 11.6. The zero-order valence-corrected chi connectivity index (χ0v) is 12.8. The zero-order chi connectivity index (χ0) is 14.0. The Morgan fingerprint density at radius 2 is 1.72 bits per heavy atom. The summed E-state index contributed by atoms with van der Waals surface area (Å²) in [6.45, 7) is 9.64. The molecule has 0 radical (unpaired) electrons. The second-order valence-corrected chi connectivity index (χ2v) is 6.88. The number of rotatable bonds is 11. The zero-order valence-electron chi connectivity index (χ0n) is 12.0. The second-order valence-electron chi connectivity index (χ2n) is 4.95. The van der Waals surface area contributed by atoms with E-state index < -0.39 is 10.0 Å². The summed E-state index contributed by atoms with van der Waals surface area (Å²) in [4.78, 5) is 0. The second kappa shape index (κ2) is 9.72. The standard InChI is InChI=1S/C12H28N2O3S/c1-11(2)13-8-10-18(15,16)14-7-5-6-9-17-12(3)4/h11-14H,5-10H2,1-4H3. The van der Waals surface area contributed by atoms with Gasteiger partial charge in [0.15, 0.2) is 0 Å². The van der Waals surface area contributed by atoms with Crippen LogP contribution in [0.1, 0.15) is 40.5 Å². The third kappa shape index (κ3) is 12.3. The summed E-state index contributed by atoms with van der Waals surface area (Å²) < 4.78 is 31.1. The molecule has 0 saturated heterocycles. The Labute approximate surface area is 112 Å². The normalized spacial score (nSPS) is 12.6. The molecule has 110 valence electrons. The lowest BCUT2D eigenvalue weighted by molar-refractivity contribution is 0.0762. The largest absolute Gasteiger partial charge is 0.379 e. The van der Waals surface area contributed by atoms with E-state index in [2.05, 4.69) is 10.0 Å². The molecular weight excluding hydrogens is 252 g/mol. The molecular formula is C12H28N2O3S. The number of hydrogen-bond donors (Lipinski definition) is 2. The molecule has 0 amide bonds. The Bertz CT molecular complexity index is 290. The Kier molecular flexibility index (Phi) is 9.63. The molecule has 0 aliphatic rings. The topological polar surface area (TPSA) is 67.4 Å². The lowest BCUT2D eigenvalue weighted by Crippen LogP contribution is -2.34. The highest BCUT2D eigenvalue weighted by atomic mass is 32.2. The molecule has 0 aliphatic carbocycles. The Morgan fingerprint density at radius 1 is 1.06 bits per heavy atom. The van der Waals surface area contributed by atoms with Crippen molar-refractivity contribution in [1.82, 2.24) is 10.0 Å². The van der Waals surface area contributed by atoms with Crippen molar-refractivity contribution in [2.45, 2.75) is 52.7 Å². The van der Waals surface area contributed by atoms with Crippen LogP contribution in [0.25, 0.3) is 0 Å². The summed E-state index contributed by atoms with van der Waals surface area (Å²) in [7, 11) is -3.13. The maximum Gasteiger partial charge on any atom is 0.212 e. The smallest absolute Gasteiger partial charge is 0.212 e. The summed E-state index contributed by atoms with van der Waals surface area (Å²) in [6, 6.07) is 0.313. The first-order chi connectivity index (χ1) is 8.33. The summed E-state index contributed by atoms with van der Waals surface area (Å²) >= 11 is 0. The Hall–Kier alpha value is -0.170. The predicted octanol–water partition coefficient (Wildman–Crippen LogP) is 1.11. The highest BCUT2D eigenvalue weighted by molar-refractivity contribution is 7.89. The van der Waals surface area contributed by atoms with Gasteiger partial charge in [0.05, 0.1) is 11.9 Å². The number of sulfonamides is 1. The molecule has 6 heteroatoms. The SMILES string of the molecule is CC(C)NCCS(=O)(=O)NCCCCOC(C)C. The monoisotopic (exact) mass is 280 g/mol. The molecule has 0 aliphatic heterocycles. The molecule has 0 fully saturated rings. The van der Waals surface area contributed by atoms with Crippen molar-refractivity contribution in [3.63, 3.8) is 0 Å². The van der Waals surface area contributed by atoms with E-state index in [0.717, 1.165) is 12.8 Å². The van der Waals surface area contributed by atoms with Crippen LogP contribution in [-0.4, -0.2) is 46.0 Å². The van der Waals surface area contributed by atoms with Gasteiger partial charge in [-0.3, -0.25) is 0 Å². The molecule has 2 N–H and O–H groups in total. The van der Waals surface area contributed by atoms with Gasteiger partial charge in [0.2, 0.25) is 10.0 Å².